The van der Waals surface area contributed by atoms with Gasteiger partial charge in [0.25, 0.3) is 5.97 Å². The molecule has 0 aliphatic rings. The quantitative estimate of drug-likeness (QED) is 0.222. The van der Waals surface area contributed by atoms with E-state index < -0.39 is 22.7 Å². The summed E-state index contributed by atoms with van der Waals surface area (Å²) in [5, 5.41) is 42.8. The molecule has 0 unspecified atom stereocenters. The Morgan fingerprint density at radius 3 is 1.38 bits per heavy atom. The van der Waals surface area contributed by atoms with E-state index in [2.05, 4.69) is 0 Å². The minimum atomic E-state index is -3.13. The lowest BCUT2D eigenvalue weighted by Crippen LogP contribution is -2.64. The van der Waals surface area contributed by atoms with Crippen LogP contribution in [0.25, 0.3) is 0 Å². The van der Waals surface area contributed by atoms with Crippen LogP contribution in [0.5, 0.6) is 0 Å². The molecule has 0 aromatic carbocycles. The zero-order valence-electron chi connectivity index (χ0n) is 7.64. The van der Waals surface area contributed by atoms with Crippen LogP contribution in [0.1, 0.15) is 0 Å². The SMILES string of the molecule is BC(O)(O)C(O)(O)C(B)(B)C(=O)O. The van der Waals surface area contributed by atoms with Crippen LogP contribution in [0, 0.1) is 0 Å². The highest BCUT2D eigenvalue weighted by molar-refractivity contribution is 6.51. The first-order chi connectivity index (χ1) is 5.44. The molecule has 0 aromatic rings. The normalized spacial score (nSPS) is 14.2. The van der Waals surface area contributed by atoms with Gasteiger partial charge in [0.15, 0.2) is 13.5 Å². The van der Waals surface area contributed by atoms with E-state index in [1.165, 1.54) is 0 Å². The average molecular weight is 188 g/mol. The highest BCUT2D eigenvalue weighted by atomic mass is 16.6. The van der Waals surface area contributed by atoms with E-state index in [4.69, 9.17) is 15.3 Å². The lowest BCUT2D eigenvalue weighted by molar-refractivity contribution is -0.320. The Hall–Kier alpha value is -0.495. The Kier molecular flexibility index (Phi) is 2.90. The van der Waals surface area contributed by atoms with Crippen molar-refractivity contribution in [3.8, 4) is 0 Å². The first-order valence-electron chi connectivity index (χ1n) is 3.57. The Morgan fingerprint density at radius 2 is 1.31 bits per heavy atom. The van der Waals surface area contributed by atoms with Crippen LogP contribution in [0.3, 0.4) is 0 Å². The molecule has 0 bridgehead atoms. The van der Waals surface area contributed by atoms with Crippen molar-refractivity contribution in [3.05, 3.63) is 0 Å². The van der Waals surface area contributed by atoms with Crippen molar-refractivity contribution in [2.24, 2.45) is 0 Å². The van der Waals surface area contributed by atoms with Gasteiger partial charge < -0.3 is 25.5 Å². The van der Waals surface area contributed by atoms with E-state index in [1.807, 2.05) is 0 Å². The maximum absolute atomic E-state index is 10.6. The summed E-state index contributed by atoms with van der Waals surface area (Å²) in [6, 6.07) is 0. The van der Waals surface area contributed by atoms with Crippen LogP contribution in [0.15, 0.2) is 0 Å². The van der Waals surface area contributed by atoms with Crippen molar-refractivity contribution in [2.75, 3.05) is 0 Å². The molecule has 0 heterocycles. The third-order valence-corrected chi connectivity index (χ3v) is 2.07. The molecule has 5 N–H and O–H groups in total. The van der Waals surface area contributed by atoms with Gasteiger partial charge in [-0.2, -0.15) is 0 Å². The third-order valence-electron chi connectivity index (χ3n) is 2.07. The third kappa shape index (κ3) is 1.88. The average Bonchev–Trinajstić information content (AvgIpc) is 1.84. The molecule has 0 amide bonds. The fraction of sp³-hybridized carbons (Fsp3) is 0.750. The Bertz CT molecular complexity index is 218. The predicted octanol–water partition coefficient (Wildman–Crippen LogP) is -5.59. The second kappa shape index (κ2) is 3.02. The highest BCUT2D eigenvalue weighted by Gasteiger charge is 2.57. The number of aliphatic hydroxyl groups is 4. The summed E-state index contributed by atoms with van der Waals surface area (Å²) in [5.74, 6) is -4.68. The van der Waals surface area contributed by atoms with Gasteiger partial charge in [-0.05, 0) is 0 Å². The second-order valence-corrected chi connectivity index (χ2v) is 3.62. The van der Waals surface area contributed by atoms with Crippen molar-refractivity contribution in [2.45, 2.75) is 16.7 Å². The maximum Gasteiger partial charge on any atom is 0.299 e. The lowest BCUT2D eigenvalue weighted by Gasteiger charge is -2.42. The Balaban J connectivity index is 5.16. The molecule has 13 heavy (non-hydrogen) atoms. The molecule has 0 fully saturated rings. The van der Waals surface area contributed by atoms with Crippen molar-refractivity contribution >= 4 is 29.5 Å². The Labute approximate surface area is 77.4 Å². The minimum absolute atomic E-state index is 0.692. The summed E-state index contributed by atoms with van der Waals surface area (Å²) >= 11 is 0. The summed E-state index contributed by atoms with van der Waals surface area (Å²) in [4.78, 5) is 10.6. The summed E-state index contributed by atoms with van der Waals surface area (Å²) in [7, 11) is 2.64. The fourth-order valence-corrected chi connectivity index (χ4v) is 0.741. The molecule has 9 heteroatoms. The molecular formula is C4H11B3O6. The molecule has 0 atom stereocenters. The van der Waals surface area contributed by atoms with E-state index in [-0.39, 0.29) is 0 Å². The topological polar surface area (TPSA) is 118 Å². The largest absolute Gasteiger partial charge is 0.482 e. The van der Waals surface area contributed by atoms with Crippen LogP contribution in [-0.4, -0.2) is 66.5 Å². The van der Waals surface area contributed by atoms with E-state index in [0.717, 1.165) is 15.7 Å². The van der Waals surface area contributed by atoms with Gasteiger partial charge in [-0.1, -0.05) is 0 Å². The van der Waals surface area contributed by atoms with Crippen molar-refractivity contribution in [3.63, 3.8) is 0 Å². The van der Waals surface area contributed by atoms with Crippen LogP contribution in [0.2, 0.25) is 5.21 Å². The zero-order chi connectivity index (χ0) is 11.1. The van der Waals surface area contributed by atoms with Gasteiger partial charge in [-0.25, -0.2) is 0 Å². The molecule has 72 valence electrons. The second-order valence-electron chi connectivity index (χ2n) is 3.62. The Morgan fingerprint density at radius 1 is 1.00 bits per heavy atom. The van der Waals surface area contributed by atoms with Crippen LogP contribution >= 0.6 is 0 Å². The first-order valence-corrected chi connectivity index (χ1v) is 3.57. The van der Waals surface area contributed by atoms with Crippen LogP contribution < -0.4 is 0 Å². The number of hydrogen-bond donors (Lipinski definition) is 5. The van der Waals surface area contributed by atoms with E-state index in [1.54, 1.807) is 0 Å². The summed E-state index contributed by atoms with van der Waals surface area (Å²) in [5.41, 5.74) is -2.91. The molecule has 0 saturated carbocycles. The first kappa shape index (κ1) is 12.5. The number of rotatable bonds is 3. The highest BCUT2D eigenvalue weighted by Crippen LogP contribution is 2.35. The van der Waals surface area contributed by atoms with Crippen LogP contribution in [-0.2, 0) is 4.79 Å². The van der Waals surface area contributed by atoms with Gasteiger partial charge in [-0.15, -0.1) is 0 Å². The minimum Gasteiger partial charge on any atom is -0.482 e. The molecule has 0 saturated heterocycles. The van der Waals surface area contributed by atoms with Gasteiger partial charge in [0, 0.05) is 0 Å². The monoisotopic (exact) mass is 188 g/mol. The van der Waals surface area contributed by atoms with Gasteiger partial charge in [0.2, 0.25) is 5.79 Å². The van der Waals surface area contributed by atoms with Crippen molar-refractivity contribution in [1.29, 1.82) is 0 Å². The standard InChI is InChI=1S/C4H11B3O6/c5-2(6,1(8)9)3(10,11)4(7,12)13/h10-13H,5-7H2,(H,8,9). The van der Waals surface area contributed by atoms with Gasteiger partial charge in [-0.3, -0.25) is 4.79 Å². The molecule has 0 radical (unpaired) electrons. The van der Waals surface area contributed by atoms with E-state index in [9.17, 15) is 15.0 Å². The smallest absolute Gasteiger partial charge is 0.299 e. The molecule has 6 nitrogen and oxygen atoms in total. The number of aliphatic carboxylic acids is 1. The van der Waals surface area contributed by atoms with Crippen molar-refractivity contribution in [1.82, 2.24) is 0 Å². The summed E-state index contributed by atoms with van der Waals surface area (Å²) in [6.45, 7) is 0. The number of carboxylic acid groups (broad SMARTS) is 1. The molecule has 0 aliphatic carbocycles. The zero-order valence-corrected chi connectivity index (χ0v) is 7.64. The van der Waals surface area contributed by atoms with Crippen molar-refractivity contribution < 1.29 is 30.3 Å². The molecule has 0 aromatic heterocycles. The van der Waals surface area contributed by atoms with Crippen LogP contribution in [0.4, 0.5) is 0 Å². The molecule has 0 aliphatic heterocycles. The number of carbonyl (C=O) groups is 1. The van der Waals surface area contributed by atoms with Gasteiger partial charge in [0.1, 0.15) is 15.7 Å². The van der Waals surface area contributed by atoms with Gasteiger partial charge >= 0.3 is 0 Å². The molecule has 0 spiro atoms. The maximum atomic E-state index is 10.6. The van der Waals surface area contributed by atoms with E-state index in [0.29, 0.717) is 7.85 Å². The lowest BCUT2D eigenvalue weighted by atomic mass is 9.46. The fourth-order valence-electron chi connectivity index (χ4n) is 0.741. The summed E-state index contributed by atoms with van der Waals surface area (Å²) < 4.78 is 0. The summed E-state index contributed by atoms with van der Waals surface area (Å²) in [6.07, 6.45) is 0. The van der Waals surface area contributed by atoms with E-state index >= 15 is 0 Å². The molecular weight excluding hydrogens is 176 g/mol. The predicted molar refractivity (Wildman–Crippen MR) is 50.3 cm³/mol. The van der Waals surface area contributed by atoms with Gasteiger partial charge in [0.05, 0.1) is 5.21 Å². The molecule has 0 rings (SSSR count). The number of hydrogen-bond acceptors (Lipinski definition) is 5. The number of carboxylic acids is 1.